The second-order valence-corrected chi connectivity index (χ2v) is 9.53. The van der Waals surface area contributed by atoms with Gasteiger partial charge >= 0.3 is 0 Å². The highest BCUT2D eigenvalue weighted by molar-refractivity contribution is 8.00. The van der Waals surface area contributed by atoms with Crippen LogP contribution in [0.3, 0.4) is 0 Å². The molecule has 1 amide bonds. The standard InChI is InChI=1S/C21H28ClN3O2S/c1-13(2)25-20(27)17-11-10-15(22)12-18(17)24-21(25)28-14(3)19(26)23-16-8-6-4-5-7-9-16/h10-14,16H,4-9H2,1-3H3,(H,23,26)/t14-/m1/s1. The Morgan fingerprint density at radius 1 is 1.21 bits per heavy atom. The van der Waals surface area contributed by atoms with Gasteiger partial charge in [-0.3, -0.25) is 14.2 Å². The Kier molecular flexibility index (Phi) is 7.05. The van der Waals surface area contributed by atoms with Gasteiger partial charge in [0.15, 0.2) is 5.16 Å². The first-order valence-corrected chi connectivity index (χ1v) is 11.3. The Labute approximate surface area is 175 Å². The summed E-state index contributed by atoms with van der Waals surface area (Å²) in [5.74, 6) is 0.00708. The quantitative estimate of drug-likeness (QED) is 0.421. The molecule has 3 rings (SSSR count). The summed E-state index contributed by atoms with van der Waals surface area (Å²) < 4.78 is 1.66. The summed E-state index contributed by atoms with van der Waals surface area (Å²) in [6.45, 7) is 5.77. The molecule has 0 saturated heterocycles. The molecule has 28 heavy (non-hydrogen) atoms. The lowest BCUT2D eigenvalue weighted by Gasteiger charge is -2.21. The Morgan fingerprint density at radius 3 is 2.54 bits per heavy atom. The number of amides is 1. The van der Waals surface area contributed by atoms with Crippen LogP contribution < -0.4 is 10.9 Å². The summed E-state index contributed by atoms with van der Waals surface area (Å²) in [7, 11) is 0. The molecule has 1 saturated carbocycles. The van der Waals surface area contributed by atoms with Gasteiger partial charge in [0.25, 0.3) is 5.56 Å². The van der Waals surface area contributed by atoms with Crippen molar-refractivity contribution < 1.29 is 4.79 Å². The van der Waals surface area contributed by atoms with Crippen molar-refractivity contribution in [3.05, 3.63) is 33.6 Å². The van der Waals surface area contributed by atoms with E-state index in [-0.39, 0.29) is 28.8 Å². The maximum absolute atomic E-state index is 13.0. The predicted octanol–water partition coefficient (Wildman–Crippen LogP) is 4.95. The van der Waals surface area contributed by atoms with Gasteiger partial charge in [-0.2, -0.15) is 0 Å². The predicted molar refractivity (Wildman–Crippen MR) is 116 cm³/mol. The zero-order valence-electron chi connectivity index (χ0n) is 16.7. The van der Waals surface area contributed by atoms with Crippen molar-refractivity contribution in [1.29, 1.82) is 0 Å². The maximum Gasteiger partial charge on any atom is 0.262 e. The third-order valence-electron chi connectivity index (χ3n) is 5.20. The second kappa shape index (κ2) is 9.31. The normalized spacial score (nSPS) is 16.9. The molecule has 0 aliphatic heterocycles. The molecule has 2 aromatic rings. The van der Waals surface area contributed by atoms with E-state index in [9.17, 15) is 9.59 Å². The zero-order valence-corrected chi connectivity index (χ0v) is 18.3. The first kappa shape index (κ1) is 21.2. The van der Waals surface area contributed by atoms with Crippen molar-refractivity contribution in [3.63, 3.8) is 0 Å². The van der Waals surface area contributed by atoms with Crippen LogP contribution in [-0.4, -0.2) is 26.8 Å². The lowest BCUT2D eigenvalue weighted by molar-refractivity contribution is -0.121. The number of carbonyl (C=O) groups excluding carboxylic acids is 1. The molecule has 1 aliphatic rings. The fourth-order valence-electron chi connectivity index (χ4n) is 3.64. The van der Waals surface area contributed by atoms with Crippen molar-refractivity contribution in [1.82, 2.24) is 14.9 Å². The molecule has 7 heteroatoms. The maximum atomic E-state index is 13.0. The molecule has 0 radical (unpaired) electrons. The second-order valence-electron chi connectivity index (χ2n) is 7.78. The molecule has 1 aromatic carbocycles. The van der Waals surface area contributed by atoms with Crippen LogP contribution >= 0.6 is 23.4 Å². The summed E-state index contributed by atoms with van der Waals surface area (Å²) in [5, 5.41) is 4.49. The van der Waals surface area contributed by atoms with Gasteiger partial charge in [0, 0.05) is 17.1 Å². The molecule has 5 nitrogen and oxygen atoms in total. The summed E-state index contributed by atoms with van der Waals surface area (Å²) in [6, 6.07) is 5.31. The van der Waals surface area contributed by atoms with Crippen molar-refractivity contribution in [2.45, 2.75) is 81.8 Å². The average Bonchev–Trinajstić information content (AvgIpc) is 2.89. The van der Waals surface area contributed by atoms with Gasteiger partial charge in [-0.1, -0.05) is 49.0 Å². The van der Waals surface area contributed by atoms with E-state index in [0.29, 0.717) is 21.1 Å². The largest absolute Gasteiger partial charge is 0.352 e. The SMILES string of the molecule is CC(C)n1c(S[C@H](C)C(=O)NC2CCCCCC2)nc2cc(Cl)ccc2c1=O. The number of halogens is 1. The number of rotatable bonds is 5. The van der Waals surface area contributed by atoms with Crippen LogP contribution in [0.5, 0.6) is 0 Å². The lowest BCUT2D eigenvalue weighted by Crippen LogP contribution is -2.39. The molecule has 1 fully saturated rings. The number of thioether (sulfide) groups is 1. The van der Waals surface area contributed by atoms with E-state index in [4.69, 9.17) is 11.6 Å². The molecular formula is C21H28ClN3O2S. The van der Waals surface area contributed by atoms with E-state index >= 15 is 0 Å². The molecule has 0 spiro atoms. The van der Waals surface area contributed by atoms with Crippen molar-refractivity contribution in [2.24, 2.45) is 0 Å². The fourth-order valence-corrected chi connectivity index (χ4v) is 4.86. The van der Waals surface area contributed by atoms with Gasteiger partial charge in [0.05, 0.1) is 16.2 Å². The Balaban J connectivity index is 1.84. The van der Waals surface area contributed by atoms with Crippen LogP contribution in [0.1, 0.15) is 65.3 Å². The Morgan fingerprint density at radius 2 is 1.89 bits per heavy atom. The number of benzene rings is 1. The fraction of sp³-hybridized carbons (Fsp3) is 0.571. The van der Waals surface area contributed by atoms with Gasteiger partial charge in [0.2, 0.25) is 5.91 Å². The minimum absolute atomic E-state index is 0.00708. The molecule has 0 unspecified atom stereocenters. The van der Waals surface area contributed by atoms with Crippen molar-refractivity contribution in [3.8, 4) is 0 Å². The summed E-state index contributed by atoms with van der Waals surface area (Å²) in [5.41, 5.74) is 0.462. The third kappa shape index (κ3) is 4.90. The van der Waals surface area contributed by atoms with Crippen LogP contribution in [0, 0.1) is 0 Å². The Hall–Kier alpha value is -1.53. The van der Waals surface area contributed by atoms with E-state index in [2.05, 4.69) is 10.3 Å². The van der Waals surface area contributed by atoms with Gasteiger partial charge in [0.1, 0.15) is 0 Å². The van der Waals surface area contributed by atoms with Crippen LogP contribution in [0.4, 0.5) is 0 Å². The number of fused-ring (bicyclic) bond motifs is 1. The minimum atomic E-state index is -0.336. The first-order valence-electron chi connectivity index (χ1n) is 10.1. The van der Waals surface area contributed by atoms with Crippen molar-refractivity contribution in [2.75, 3.05) is 0 Å². The minimum Gasteiger partial charge on any atom is -0.352 e. The number of aromatic nitrogens is 2. The van der Waals surface area contributed by atoms with Gasteiger partial charge < -0.3 is 5.32 Å². The molecule has 0 bridgehead atoms. The smallest absolute Gasteiger partial charge is 0.262 e. The van der Waals surface area contributed by atoms with Gasteiger partial charge in [-0.25, -0.2) is 4.98 Å². The van der Waals surface area contributed by atoms with Crippen LogP contribution in [0.15, 0.2) is 28.2 Å². The van der Waals surface area contributed by atoms with E-state index in [1.807, 2.05) is 20.8 Å². The van der Waals surface area contributed by atoms with Crippen LogP contribution in [0.25, 0.3) is 10.9 Å². The average molecular weight is 422 g/mol. The number of carbonyl (C=O) groups is 1. The number of hydrogen-bond acceptors (Lipinski definition) is 4. The van der Waals surface area contributed by atoms with Gasteiger partial charge in [-0.15, -0.1) is 0 Å². The molecule has 1 atom stereocenters. The van der Waals surface area contributed by atoms with Gasteiger partial charge in [-0.05, 0) is 51.8 Å². The number of nitrogens with one attached hydrogen (secondary N) is 1. The third-order valence-corrected chi connectivity index (χ3v) is 6.50. The molecule has 152 valence electrons. The highest BCUT2D eigenvalue weighted by Gasteiger charge is 2.23. The summed E-state index contributed by atoms with van der Waals surface area (Å²) in [6.07, 6.45) is 6.94. The van der Waals surface area contributed by atoms with Crippen LogP contribution in [0.2, 0.25) is 5.02 Å². The zero-order chi connectivity index (χ0) is 20.3. The molecular weight excluding hydrogens is 394 g/mol. The monoisotopic (exact) mass is 421 g/mol. The van der Waals surface area contributed by atoms with E-state index in [1.165, 1.54) is 37.4 Å². The molecule has 1 N–H and O–H groups in total. The summed E-state index contributed by atoms with van der Waals surface area (Å²) >= 11 is 7.42. The van der Waals surface area contributed by atoms with E-state index in [0.717, 1.165) is 12.8 Å². The lowest BCUT2D eigenvalue weighted by atomic mass is 10.1. The highest BCUT2D eigenvalue weighted by atomic mass is 35.5. The van der Waals surface area contributed by atoms with E-state index < -0.39 is 0 Å². The molecule has 1 heterocycles. The molecule has 1 aliphatic carbocycles. The Bertz CT molecular complexity index is 904. The van der Waals surface area contributed by atoms with E-state index in [1.54, 1.807) is 22.8 Å². The molecule has 1 aromatic heterocycles. The number of nitrogens with zero attached hydrogens (tertiary/aromatic N) is 2. The topological polar surface area (TPSA) is 64.0 Å². The summed E-state index contributed by atoms with van der Waals surface area (Å²) in [4.78, 5) is 30.4. The first-order chi connectivity index (χ1) is 13.4. The number of hydrogen-bond donors (Lipinski definition) is 1. The highest BCUT2D eigenvalue weighted by Crippen LogP contribution is 2.26. The van der Waals surface area contributed by atoms with Crippen molar-refractivity contribution >= 4 is 40.2 Å². The van der Waals surface area contributed by atoms with Crippen LogP contribution in [-0.2, 0) is 4.79 Å².